The second-order valence-corrected chi connectivity index (χ2v) is 7.15. The molecule has 0 amide bonds. The highest BCUT2D eigenvalue weighted by atomic mass is 32.2. The van der Waals surface area contributed by atoms with E-state index in [4.69, 9.17) is 4.74 Å². The quantitative estimate of drug-likeness (QED) is 0.471. The van der Waals surface area contributed by atoms with Crippen LogP contribution in [0.3, 0.4) is 0 Å². The Hall–Kier alpha value is -0.840. The van der Waals surface area contributed by atoms with Crippen LogP contribution in [0.4, 0.5) is 0 Å². The first kappa shape index (κ1) is 14.6. The molecule has 1 aliphatic heterocycles. The minimum Gasteiger partial charge on any atom is -0.370 e. The number of benzene rings is 1. The number of morpholine rings is 1. The van der Waals surface area contributed by atoms with Crippen molar-refractivity contribution in [1.82, 2.24) is 0 Å². The monoisotopic (exact) mass is 280 g/mol. The van der Waals surface area contributed by atoms with E-state index in [1.54, 1.807) is 0 Å². The molecule has 0 bridgehead atoms. The molecule has 0 spiro atoms. The van der Waals surface area contributed by atoms with Gasteiger partial charge in [0, 0.05) is 5.56 Å². The number of hydrogen-bond acceptors (Lipinski definition) is 3. The summed E-state index contributed by atoms with van der Waals surface area (Å²) in [5, 5.41) is 0.515. The molecule has 1 aromatic carbocycles. The van der Waals surface area contributed by atoms with Crippen molar-refractivity contribution in [1.29, 1.82) is 0 Å². The van der Waals surface area contributed by atoms with Gasteiger partial charge < -0.3 is 4.74 Å². The maximum absolute atomic E-state index is 12.4. The molecule has 0 atom stereocenters. The molecular formula is C15H22NO2S+. The smallest absolute Gasteiger partial charge is 0.217 e. The summed E-state index contributed by atoms with van der Waals surface area (Å²) in [5.41, 5.74) is 0.816. The maximum atomic E-state index is 12.4. The van der Waals surface area contributed by atoms with Gasteiger partial charge in [0.1, 0.15) is 13.1 Å². The highest BCUT2D eigenvalue weighted by Crippen LogP contribution is 2.29. The minimum absolute atomic E-state index is 0.232. The molecule has 1 aromatic rings. The van der Waals surface area contributed by atoms with Gasteiger partial charge in [0.15, 0.2) is 6.54 Å². The lowest BCUT2D eigenvalue weighted by Gasteiger charge is -2.39. The zero-order valence-electron chi connectivity index (χ0n) is 11.7. The van der Waals surface area contributed by atoms with Crippen molar-refractivity contribution in [3.8, 4) is 0 Å². The van der Waals surface area contributed by atoms with Crippen LogP contribution in [0.1, 0.15) is 24.2 Å². The Kier molecular flexibility index (Phi) is 5.02. The Bertz CT molecular complexity index is 413. The summed E-state index contributed by atoms with van der Waals surface area (Å²) in [6.07, 6.45) is 0. The summed E-state index contributed by atoms with van der Waals surface area (Å²) in [6, 6.07) is 9.59. The molecular weight excluding hydrogens is 258 g/mol. The Labute approximate surface area is 119 Å². The number of quaternary nitrogens is 1. The first-order chi connectivity index (χ1) is 9.11. The molecule has 4 heteroatoms. The van der Waals surface area contributed by atoms with E-state index in [9.17, 15) is 4.79 Å². The van der Waals surface area contributed by atoms with E-state index in [2.05, 4.69) is 13.8 Å². The molecule has 0 radical (unpaired) electrons. The topological polar surface area (TPSA) is 26.3 Å². The number of Topliss-reactive ketones (excluding diaryl/α,β-unsaturated/α-hetero) is 1. The number of hydrogen-bond donors (Lipinski definition) is 0. The van der Waals surface area contributed by atoms with Crippen molar-refractivity contribution in [2.45, 2.75) is 19.1 Å². The fraction of sp³-hybridized carbons (Fsp3) is 0.533. The van der Waals surface area contributed by atoms with Gasteiger partial charge in [-0.15, -0.1) is 0 Å². The minimum atomic E-state index is 0.232. The number of rotatable bonds is 5. The fourth-order valence-electron chi connectivity index (χ4n) is 2.40. The lowest BCUT2D eigenvalue weighted by Crippen LogP contribution is -2.53. The third-order valence-electron chi connectivity index (χ3n) is 3.25. The number of carbonyl (C=O) groups is 1. The third-order valence-corrected chi connectivity index (χ3v) is 4.61. The van der Waals surface area contributed by atoms with Gasteiger partial charge >= 0.3 is 0 Å². The SMILES string of the molecule is CC(C)S[N+]1(CC(=O)c2ccccc2)CCOCC1. The van der Waals surface area contributed by atoms with Crippen molar-refractivity contribution < 1.29 is 13.4 Å². The molecule has 0 N–H and O–H groups in total. The standard InChI is InChI=1S/C15H22NO2S/c1-13(2)19-16(8-10-18-11-9-16)12-15(17)14-6-4-3-5-7-14/h3-7,13H,8-12H2,1-2H3/q+1. The first-order valence-corrected chi connectivity index (χ1v) is 7.65. The van der Waals surface area contributed by atoms with E-state index >= 15 is 0 Å². The predicted octanol–water partition coefficient (Wildman–Crippen LogP) is 2.77. The van der Waals surface area contributed by atoms with Crippen LogP contribution < -0.4 is 0 Å². The molecule has 3 nitrogen and oxygen atoms in total. The van der Waals surface area contributed by atoms with Gasteiger partial charge in [-0.3, -0.25) is 8.68 Å². The number of carbonyl (C=O) groups excluding carboxylic acids is 1. The van der Waals surface area contributed by atoms with E-state index in [1.807, 2.05) is 42.3 Å². The molecule has 0 unspecified atom stereocenters. The van der Waals surface area contributed by atoms with Gasteiger partial charge in [-0.2, -0.15) is 0 Å². The van der Waals surface area contributed by atoms with Gasteiger partial charge in [-0.1, -0.05) is 30.3 Å². The van der Waals surface area contributed by atoms with Crippen molar-refractivity contribution in [2.24, 2.45) is 0 Å². The van der Waals surface area contributed by atoms with E-state index in [1.165, 1.54) is 0 Å². The molecule has 0 aliphatic carbocycles. The highest BCUT2D eigenvalue weighted by molar-refractivity contribution is 7.94. The van der Waals surface area contributed by atoms with Crippen molar-refractivity contribution in [2.75, 3.05) is 32.8 Å². The molecule has 0 aromatic heterocycles. The average molecular weight is 280 g/mol. The summed E-state index contributed by atoms with van der Waals surface area (Å²) in [4.78, 5) is 12.4. The van der Waals surface area contributed by atoms with Crippen molar-refractivity contribution >= 4 is 17.7 Å². The number of ketones is 1. The second kappa shape index (κ2) is 6.55. The predicted molar refractivity (Wildman–Crippen MR) is 79.2 cm³/mol. The first-order valence-electron chi connectivity index (χ1n) is 6.82. The van der Waals surface area contributed by atoms with Crippen molar-refractivity contribution in [3.63, 3.8) is 0 Å². The van der Waals surface area contributed by atoms with Crippen LogP contribution in [-0.2, 0) is 4.74 Å². The highest BCUT2D eigenvalue weighted by Gasteiger charge is 2.36. The summed E-state index contributed by atoms with van der Waals surface area (Å²) >= 11 is 1.88. The molecule has 1 aliphatic rings. The summed E-state index contributed by atoms with van der Waals surface area (Å²) in [6.45, 7) is 8.28. The van der Waals surface area contributed by atoms with Gasteiger partial charge in [0.2, 0.25) is 5.78 Å². The summed E-state index contributed by atoms with van der Waals surface area (Å²) in [5.74, 6) is 0.232. The van der Waals surface area contributed by atoms with Gasteiger partial charge in [0.05, 0.1) is 30.4 Å². The molecule has 19 heavy (non-hydrogen) atoms. The van der Waals surface area contributed by atoms with E-state index in [-0.39, 0.29) is 5.78 Å². The Morgan fingerprint density at radius 3 is 2.47 bits per heavy atom. The van der Waals surface area contributed by atoms with Crippen molar-refractivity contribution in [3.05, 3.63) is 35.9 Å². The normalized spacial score (nSPS) is 18.5. The molecule has 1 heterocycles. The van der Waals surface area contributed by atoms with Crippen LogP contribution in [0.25, 0.3) is 0 Å². The Morgan fingerprint density at radius 1 is 1.26 bits per heavy atom. The van der Waals surface area contributed by atoms with Crippen LogP contribution in [0.2, 0.25) is 0 Å². The summed E-state index contributed by atoms with van der Waals surface area (Å²) in [7, 11) is 0. The van der Waals surface area contributed by atoms with E-state index < -0.39 is 0 Å². The number of nitrogens with zero attached hydrogens (tertiary/aromatic N) is 1. The second-order valence-electron chi connectivity index (χ2n) is 5.22. The Balaban J connectivity index is 2.09. The van der Waals surface area contributed by atoms with Crippen LogP contribution in [0.5, 0.6) is 0 Å². The lowest BCUT2D eigenvalue weighted by molar-refractivity contribution is -0.797. The van der Waals surface area contributed by atoms with Crippen LogP contribution in [0, 0.1) is 0 Å². The fourth-order valence-corrected chi connectivity index (χ4v) is 3.85. The van der Waals surface area contributed by atoms with Crippen LogP contribution in [0.15, 0.2) is 30.3 Å². The van der Waals surface area contributed by atoms with Crippen LogP contribution >= 0.6 is 11.9 Å². The zero-order chi connectivity index (χ0) is 13.7. The molecule has 1 fully saturated rings. The third kappa shape index (κ3) is 4.06. The maximum Gasteiger partial charge on any atom is 0.217 e. The van der Waals surface area contributed by atoms with Gasteiger partial charge in [0.25, 0.3) is 0 Å². The van der Waals surface area contributed by atoms with E-state index in [0.29, 0.717) is 11.8 Å². The van der Waals surface area contributed by atoms with Gasteiger partial charge in [-0.05, 0) is 13.8 Å². The molecule has 1 saturated heterocycles. The summed E-state index contributed by atoms with van der Waals surface area (Å²) < 4.78 is 6.25. The Morgan fingerprint density at radius 2 is 1.89 bits per heavy atom. The van der Waals surface area contributed by atoms with Crippen LogP contribution in [-0.4, -0.2) is 47.8 Å². The molecule has 2 rings (SSSR count). The van der Waals surface area contributed by atoms with Gasteiger partial charge in [-0.25, -0.2) is 0 Å². The zero-order valence-corrected chi connectivity index (χ0v) is 12.5. The largest absolute Gasteiger partial charge is 0.370 e. The lowest BCUT2D eigenvalue weighted by atomic mass is 10.1. The number of ether oxygens (including phenoxy) is 1. The molecule has 104 valence electrons. The van der Waals surface area contributed by atoms with E-state index in [0.717, 1.165) is 35.8 Å². The molecule has 0 saturated carbocycles. The average Bonchev–Trinajstić information content (AvgIpc) is 2.39.